The first-order valence-corrected chi connectivity index (χ1v) is 7.29. The van der Waals surface area contributed by atoms with Crippen molar-refractivity contribution >= 4 is 5.91 Å². The lowest BCUT2D eigenvalue weighted by atomic mass is 9.90. The molecular formula is C16H22N2O. The van der Waals surface area contributed by atoms with Crippen LogP contribution in [0.15, 0.2) is 24.3 Å². The van der Waals surface area contributed by atoms with E-state index in [-0.39, 0.29) is 17.4 Å². The maximum Gasteiger partial charge on any atom is 0.229 e. The number of carbonyl (C=O) groups is 1. The molecule has 1 amide bonds. The zero-order valence-electron chi connectivity index (χ0n) is 11.6. The Balaban J connectivity index is 1.87. The third-order valence-corrected chi connectivity index (χ3v) is 4.54. The van der Waals surface area contributed by atoms with Crippen molar-refractivity contribution in [3.8, 4) is 0 Å². The first kappa shape index (κ1) is 12.7. The average molecular weight is 258 g/mol. The summed E-state index contributed by atoms with van der Waals surface area (Å²) in [6, 6.07) is 8.20. The van der Waals surface area contributed by atoms with Crippen LogP contribution in [-0.4, -0.2) is 23.9 Å². The standard InChI is InChI=1S/C16H22N2O/c1-12(15(19)18-10-4-5-11-18)13-6-2-3-7-14(13)16(17)8-9-16/h2-3,6-7,12H,4-5,8-11,17H2,1H3. The van der Waals surface area contributed by atoms with Gasteiger partial charge in [-0.15, -0.1) is 0 Å². The van der Waals surface area contributed by atoms with Gasteiger partial charge in [-0.2, -0.15) is 0 Å². The lowest BCUT2D eigenvalue weighted by molar-refractivity contribution is -0.131. The SMILES string of the molecule is CC(C(=O)N1CCCC1)c1ccccc1C1(N)CC1. The Bertz CT molecular complexity index is 487. The van der Waals surface area contributed by atoms with E-state index in [2.05, 4.69) is 12.1 Å². The molecule has 1 aromatic carbocycles. The summed E-state index contributed by atoms with van der Waals surface area (Å²) in [4.78, 5) is 14.5. The molecule has 1 aliphatic heterocycles. The van der Waals surface area contributed by atoms with E-state index in [0.29, 0.717) is 0 Å². The molecule has 2 N–H and O–H groups in total. The quantitative estimate of drug-likeness (QED) is 0.904. The Morgan fingerprint density at radius 3 is 2.53 bits per heavy atom. The fourth-order valence-corrected chi connectivity index (χ4v) is 3.08. The van der Waals surface area contributed by atoms with E-state index in [1.165, 1.54) is 5.56 Å². The largest absolute Gasteiger partial charge is 0.342 e. The average Bonchev–Trinajstić information content (AvgIpc) is 2.96. The minimum atomic E-state index is -0.170. The van der Waals surface area contributed by atoms with Crippen LogP contribution >= 0.6 is 0 Å². The highest BCUT2D eigenvalue weighted by atomic mass is 16.2. The molecule has 2 fully saturated rings. The van der Waals surface area contributed by atoms with Crippen molar-refractivity contribution in [2.45, 2.75) is 44.1 Å². The summed E-state index contributed by atoms with van der Waals surface area (Å²) < 4.78 is 0. The first-order chi connectivity index (χ1) is 9.12. The molecule has 0 radical (unpaired) electrons. The summed E-state index contributed by atoms with van der Waals surface area (Å²) in [5, 5.41) is 0. The number of hydrogen-bond donors (Lipinski definition) is 1. The lowest BCUT2D eigenvalue weighted by Crippen LogP contribution is -2.33. The van der Waals surface area contributed by atoms with Gasteiger partial charge in [0.1, 0.15) is 0 Å². The minimum Gasteiger partial charge on any atom is -0.342 e. The maximum absolute atomic E-state index is 12.5. The molecule has 0 bridgehead atoms. The molecule has 1 saturated heterocycles. The molecule has 1 saturated carbocycles. The molecule has 2 aliphatic rings. The number of nitrogens with zero attached hydrogens (tertiary/aromatic N) is 1. The van der Waals surface area contributed by atoms with Gasteiger partial charge in [0.15, 0.2) is 0 Å². The number of carbonyl (C=O) groups excluding carboxylic acids is 1. The van der Waals surface area contributed by atoms with Gasteiger partial charge in [-0.1, -0.05) is 24.3 Å². The van der Waals surface area contributed by atoms with Crippen LogP contribution < -0.4 is 5.73 Å². The Hall–Kier alpha value is -1.35. The zero-order valence-corrected chi connectivity index (χ0v) is 11.6. The summed E-state index contributed by atoms with van der Waals surface area (Å²) in [7, 11) is 0. The van der Waals surface area contributed by atoms with Crippen LogP contribution in [0.3, 0.4) is 0 Å². The maximum atomic E-state index is 12.5. The van der Waals surface area contributed by atoms with E-state index in [9.17, 15) is 4.79 Å². The second-order valence-corrected chi connectivity index (χ2v) is 6.00. The predicted octanol–water partition coefficient (Wildman–Crippen LogP) is 2.36. The molecule has 3 rings (SSSR count). The Kier molecular flexibility index (Phi) is 3.09. The number of amides is 1. The number of likely N-dealkylation sites (tertiary alicyclic amines) is 1. The predicted molar refractivity (Wildman–Crippen MR) is 75.8 cm³/mol. The summed E-state index contributed by atoms with van der Waals surface area (Å²) in [6.07, 6.45) is 4.35. The van der Waals surface area contributed by atoms with E-state index in [1.54, 1.807) is 0 Å². The van der Waals surface area contributed by atoms with Gasteiger partial charge < -0.3 is 10.6 Å². The van der Waals surface area contributed by atoms with Crippen LogP contribution in [0.25, 0.3) is 0 Å². The summed E-state index contributed by atoms with van der Waals surface area (Å²) in [6.45, 7) is 3.85. The Morgan fingerprint density at radius 1 is 1.26 bits per heavy atom. The third-order valence-electron chi connectivity index (χ3n) is 4.54. The summed E-state index contributed by atoms with van der Waals surface area (Å²) >= 11 is 0. The van der Waals surface area contributed by atoms with Crippen molar-refractivity contribution in [2.24, 2.45) is 5.73 Å². The molecule has 1 unspecified atom stereocenters. The highest BCUT2D eigenvalue weighted by Gasteiger charge is 2.42. The van der Waals surface area contributed by atoms with Crippen molar-refractivity contribution in [3.05, 3.63) is 35.4 Å². The highest BCUT2D eigenvalue weighted by molar-refractivity contribution is 5.84. The van der Waals surface area contributed by atoms with Gasteiger partial charge in [-0.05, 0) is 43.7 Å². The van der Waals surface area contributed by atoms with Crippen LogP contribution in [0, 0.1) is 0 Å². The molecule has 3 heteroatoms. The fraction of sp³-hybridized carbons (Fsp3) is 0.562. The van der Waals surface area contributed by atoms with Gasteiger partial charge in [0.2, 0.25) is 5.91 Å². The van der Waals surface area contributed by atoms with Crippen LogP contribution in [0.2, 0.25) is 0 Å². The van der Waals surface area contributed by atoms with E-state index in [0.717, 1.165) is 44.3 Å². The number of nitrogens with two attached hydrogens (primary N) is 1. The zero-order chi connectivity index (χ0) is 13.5. The molecular weight excluding hydrogens is 236 g/mol. The fourth-order valence-electron chi connectivity index (χ4n) is 3.08. The molecule has 19 heavy (non-hydrogen) atoms. The number of benzene rings is 1. The third kappa shape index (κ3) is 2.27. The number of hydrogen-bond acceptors (Lipinski definition) is 2. The van der Waals surface area contributed by atoms with E-state index in [4.69, 9.17) is 5.73 Å². The van der Waals surface area contributed by atoms with Crippen LogP contribution in [-0.2, 0) is 10.3 Å². The van der Waals surface area contributed by atoms with Crippen LogP contribution in [0.5, 0.6) is 0 Å². The van der Waals surface area contributed by atoms with Gasteiger partial charge in [0.25, 0.3) is 0 Å². The molecule has 1 atom stereocenters. The Morgan fingerprint density at radius 2 is 1.89 bits per heavy atom. The minimum absolute atomic E-state index is 0.0738. The summed E-state index contributed by atoms with van der Waals surface area (Å²) in [5.74, 6) is 0.185. The molecule has 1 heterocycles. The smallest absolute Gasteiger partial charge is 0.229 e. The first-order valence-electron chi connectivity index (χ1n) is 7.29. The van der Waals surface area contributed by atoms with Crippen molar-refractivity contribution < 1.29 is 4.79 Å². The van der Waals surface area contributed by atoms with Crippen molar-refractivity contribution in [2.75, 3.05) is 13.1 Å². The molecule has 102 valence electrons. The Labute approximate surface area is 114 Å². The molecule has 1 aromatic rings. The van der Waals surface area contributed by atoms with Gasteiger partial charge in [0, 0.05) is 18.6 Å². The van der Waals surface area contributed by atoms with Gasteiger partial charge in [-0.3, -0.25) is 4.79 Å². The second-order valence-electron chi connectivity index (χ2n) is 6.00. The van der Waals surface area contributed by atoms with Crippen molar-refractivity contribution in [1.82, 2.24) is 4.90 Å². The van der Waals surface area contributed by atoms with E-state index < -0.39 is 0 Å². The highest BCUT2D eigenvalue weighted by Crippen LogP contribution is 2.45. The van der Waals surface area contributed by atoms with Crippen LogP contribution in [0.1, 0.15) is 49.7 Å². The van der Waals surface area contributed by atoms with Gasteiger partial charge in [0.05, 0.1) is 5.92 Å². The monoisotopic (exact) mass is 258 g/mol. The van der Waals surface area contributed by atoms with E-state index in [1.807, 2.05) is 24.0 Å². The van der Waals surface area contributed by atoms with Gasteiger partial charge >= 0.3 is 0 Å². The van der Waals surface area contributed by atoms with Crippen molar-refractivity contribution in [1.29, 1.82) is 0 Å². The normalized spacial score (nSPS) is 22.3. The van der Waals surface area contributed by atoms with E-state index >= 15 is 0 Å². The molecule has 1 aliphatic carbocycles. The lowest BCUT2D eigenvalue weighted by Gasteiger charge is -2.24. The summed E-state index contributed by atoms with van der Waals surface area (Å²) in [5.41, 5.74) is 8.47. The second kappa shape index (κ2) is 4.64. The van der Waals surface area contributed by atoms with Crippen LogP contribution in [0.4, 0.5) is 0 Å². The number of rotatable bonds is 3. The topological polar surface area (TPSA) is 46.3 Å². The molecule has 0 spiro atoms. The van der Waals surface area contributed by atoms with Gasteiger partial charge in [-0.25, -0.2) is 0 Å². The molecule has 3 nitrogen and oxygen atoms in total. The molecule has 0 aromatic heterocycles. The van der Waals surface area contributed by atoms with Crippen molar-refractivity contribution in [3.63, 3.8) is 0 Å².